The Morgan fingerprint density at radius 3 is 2.55 bits per heavy atom. The summed E-state index contributed by atoms with van der Waals surface area (Å²) in [6, 6.07) is 0.224. The van der Waals surface area contributed by atoms with Crippen LogP contribution in [-0.4, -0.2) is 43.5 Å². The quantitative estimate of drug-likeness (QED) is 0.675. The average molecular weight is 314 g/mol. The molecule has 0 aromatic rings. The molecule has 1 aliphatic rings. The summed E-state index contributed by atoms with van der Waals surface area (Å²) in [4.78, 5) is 11.5. The van der Waals surface area contributed by atoms with Crippen molar-refractivity contribution >= 4 is 6.09 Å². The van der Waals surface area contributed by atoms with Crippen LogP contribution in [0.15, 0.2) is 0 Å². The maximum absolute atomic E-state index is 11.5. The number of hydrogen-bond donors (Lipinski definition) is 2. The first kappa shape index (κ1) is 19.2. The summed E-state index contributed by atoms with van der Waals surface area (Å²) in [5.74, 6) is 0. The van der Waals surface area contributed by atoms with E-state index in [4.69, 9.17) is 9.47 Å². The molecule has 0 bridgehead atoms. The van der Waals surface area contributed by atoms with Crippen LogP contribution in [0.25, 0.3) is 0 Å². The Hall–Kier alpha value is -0.810. The first-order chi connectivity index (χ1) is 10.4. The number of ether oxygens (including phenoxy) is 2. The molecule has 1 saturated carbocycles. The van der Waals surface area contributed by atoms with Crippen molar-refractivity contribution in [2.24, 2.45) is 0 Å². The van der Waals surface area contributed by atoms with Crippen LogP contribution in [0.4, 0.5) is 4.79 Å². The molecule has 1 fully saturated rings. The van der Waals surface area contributed by atoms with E-state index in [1.165, 1.54) is 32.1 Å². The fourth-order valence-electron chi connectivity index (χ4n) is 2.53. The summed E-state index contributed by atoms with van der Waals surface area (Å²) in [6.07, 6.45) is 7.58. The van der Waals surface area contributed by atoms with Crippen molar-refractivity contribution in [3.63, 3.8) is 0 Å². The molecule has 1 aliphatic carbocycles. The smallest absolute Gasteiger partial charge is 0.407 e. The number of carbonyl (C=O) groups is 1. The molecule has 0 aromatic carbocycles. The van der Waals surface area contributed by atoms with Gasteiger partial charge in [-0.15, -0.1) is 0 Å². The summed E-state index contributed by atoms with van der Waals surface area (Å²) in [5, 5.41) is 6.16. The highest BCUT2D eigenvalue weighted by atomic mass is 16.6. The molecule has 0 radical (unpaired) electrons. The van der Waals surface area contributed by atoms with E-state index in [0.29, 0.717) is 12.6 Å². The summed E-state index contributed by atoms with van der Waals surface area (Å²) >= 11 is 0. The highest BCUT2D eigenvalue weighted by Crippen LogP contribution is 2.20. The first-order valence-electron chi connectivity index (χ1n) is 8.68. The molecule has 0 saturated heterocycles. The molecule has 0 heterocycles. The maximum Gasteiger partial charge on any atom is 0.407 e. The molecule has 0 aromatic heterocycles. The first-order valence-corrected chi connectivity index (χ1v) is 8.68. The molecule has 1 rings (SSSR count). The number of hydrogen-bond acceptors (Lipinski definition) is 4. The topological polar surface area (TPSA) is 59.6 Å². The van der Waals surface area contributed by atoms with Crippen molar-refractivity contribution in [3.05, 3.63) is 0 Å². The van der Waals surface area contributed by atoms with Gasteiger partial charge in [0.25, 0.3) is 0 Å². The van der Waals surface area contributed by atoms with Crippen LogP contribution in [-0.2, 0) is 9.47 Å². The zero-order chi connectivity index (χ0) is 16.4. The molecular formula is C17H34N2O3. The van der Waals surface area contributed by atoms with Crippen LogP contribution in [0.5, 0.6) is 0 Å². The van der Waals surface area contributed by atoms with E-state index in [0.717, 1.165) is 19.6 Å². The lowest BCUT2D eigenvalue weighted by Gasteiger charge is -2.22. The van der Waals surface area contributed by atoms with Crippen molar-refractivity contribution < 1.29 is 14.3 Å². The molecule has 5 nitrogen and oxygen atoms in total. The van der Waals surface area contributed by atoms with Gasteiger partial charge in [0.1, 0.15) is 5.60 Å². The number of carbonyl (C=O) groups excluding carboxylic acids is 1. The number of nitrogens with one attached hydrogen (secondary N) is 2. The molecule has 0 aliphatic heterocycles. The van der Waals surface area contributed by atoms with Crippen molar-refractivity contribution in [2.75, 3.05) is 19.7 Å². The third-order valence-corrected chi connectivity index (χ3v) is 3.67. The molecule has 2 N–H and O–H groups in total. The second kappa shape index (κ2) is 10.1. The van der Waals surface area contributed by atoms with Gasteiger partial charge in [0.05, 0.1) is 6.10 Å². The van der Waals surface area contributed by atoms with Gasteiger partial charge in [-0.25, -0.2) is 4.79 Å². The van der Waals surface area contributed by atoms with E-state index in [1.54, 1.807) is 0 Å². The monoisotopic (exact) mass is 314 g/mol. The van der Waals surface area contributed by atoms with Crippen LogP contribution >= 0.6 is 0 Å². The van der Waals surface area contributed by atoms with Crippen LogP contribution in [0, 0.1) is 0 Å². The summed E-state index contributed by atoms with van der Waals surface area (Å²) < 4.78 is 11.1. The fourth-order valence-corrected chi connectivity index (χ4v) is 2.53. The van der Waals surface area contributed by atoms with Crippen LogP contribution in [0.1, 0.15) is 66.2 Å². The van der Waals surface area contributed by atoms with Gasteiger partial charge in [0.2, 0.25) is 0 Å². The maximum atomic E-state index is 11.5. The molecule has 5 heteroatoms. The van der Waals surface area contributed by atoms with E-state index >= 15 is 0 Å². The highest BCUT2D eigenvalue weighted by Gasteiger charge is 2.16. The Labute approximate surface area is 135 Å². The van der Waals surface area contributed by atoms with Gasteiger partial charge in [0, 0.05) is 19.2 Å². The Balaban J connectivity index is 1.96. The normalized spacial score (nSPS) is 18.0. The van der Waals surface area contributed by atoms with Crippen LogP contribution in [0.2, 0.25) is 0 Å². The average Bonchev–Trinajstić information content (AvgIpc) is 2.44. The summed E-state index contributed by atoms with van der Waals surface area (Å²) in [7, 11) is 0. The van der Waals surface area contributed by atoms with E-state index < -0.39 is 5.60 Å². The van der Waals surface area contributed by atoms with Crippen molar-refractivity contribution in [1.82, 2.24) is 10.6 Å². The van der Waals surface area contributed by atoms with Crippen molar-refractivity contribution in [2.45, 2.75) is 84.0 Å². The van der Waals surface area contributed by atoms with E-state index in [2.05, 4.69) is 17.6 Å². The SMILES string of the molecule is CC(CNC(=O)OC(C)(C)C)NCCCOC1CCCCC1. The van der Waals surface area contributed by atoms with Crippen LogP contribution < -0.4 is 10.6 Å². The molecule has 22 heavy (non-hydrogen) atoms. The van der Waals surface area contributed by atoms with Gasteiger partial charge in [-0.1, -0.05) is 19.3 Å². The predicted molar refractivity (Wildman–Crippen MR) is 89.1 cm³/mol. The number of amides is 1. The largest absolute Gasteiger partial charge is 0.444 e. The van der Waals surface area contributed by atoms with E-state index in [-0.39, 0.29) is 12.1 Å². The Kier molecular flexibility index (Phi) is 8.79. The van der Waals surface area contributed by atoms with E-state index in [9.17, 15) is 4.79 Å². The minimum atomic E-state index is -0.447. The third kappa shape index (κ3) is 10.0. The highest BCUT2D eigenvalue weighted by molar-refractivity contribution is 5.67. The van der Waals surface area contributed by atoms with Gasteiger partial charge in [-0.2, -0.15) is 0 Å². The number of rotatable bonds is 8. The molecule has 130 valence electrons. The molecule has 1 amide bonds. The molecule has 0 spiro atoms. The predicted octanol–water partition coefficient (Wildman–Crippen LogP) is 3.23. The molecule has 1 unspecified atom stereocenters. The van der Waals surface area contributed by atoms with Gasteiger partial charge in [-0.05, 0) is 53.5 Å². The number of alkyl carbamates (subject to hydrolysis) is 1. The second-order valence-electron chi connectivity index (χ2n) is 7.22. The molecule has 1 atom stereocenters. The summed E-state index contributed by atoms with van der Waals surface area (Å²) in [6.45, 7) is 9.94. The van der Waals surface area contributed by atoms with Crippen LogP contribution in [0.3, 0.4) is 0 Å². The Morgan fingerprint density at radius 2 is 1.91 bits per heavy atom. The lowest BCUT2D eigenvalue weighted by molar-refractivity contribution is 0.0270. The third-order valence-electron chi connectivity index (χ3n) is 3.67. The standard InChI is InChI=1S/C17H34N2O3/c1-14(13-19-16(20)22-17(2,3)4)18-11-8-12-21-15-9-6-5-7-10-15/h14-15,18H,5-13H2,1-4H3,(H,19,20). The molecular weight excluding hydrogens is 280 g/mol. The second-order valence-corrected chi connectivity index (χ2v) is 7.22. The minimum absolute atomic E-state index is 0.224. The van der Waals surface area contributed by atoms with Gasteiger partial charge < -0.3 is 20.1 Å². The lowest BCUT2D eigenvalue weighted by atomic mass is 9.98. The summed E-state index contributed by atoms with van der Waals surface area (Å²) in [5.41, 5.74) is -0.447. The van der Waals surface area contributed by atoms with Crippen molar-refractivity contribution in [1.29, 1.82) is 0 Å². The zero-order valence-corrected chi connectivity index (χ0v) is 14.7. The van der Waals surface area contributed by atoms with Gasteiger partial charge in [-0.3, -0.25) is 0 Å². The Bertz CT molecular complexity index is 310. The van der Waals surface area contributed by atoms with Gasteiger partial charge in [0.15, 0.2) is 0 Å². The van der Waals surface area contributed by atoms with E-state index in [1.807, 2.05) is 20.8 Å². The van der Waals surface area contributed by atoms with Gasteiger partial charge >= 0.3 is 6.09 Å². The zero-order valence-electron chi connectivity index (χ0n) is 14.7. The minimum Gasteiger partial charge on any atom is -0.444 e. The fraction of sp³-hybridized carbons (Fsp3) is 0.941. The van der Waals surface area contributed by atoms with Crippen molar-refractivity contribution in [3.8, 4) is 0 Å². The lowest BCUT2D eigenvalue weighted by Crippen LogP contribution is -2.41. The Morgan fingerprint density at radius 1 is 1.23 bits per heavy atom.